The Balaban J connectivity index is 2.82. The largest absolute Gasteiger partial charge is 0.384 e. The number of hydrogen-bond donors (Lipinski definition) is 0. The predicted molar refractivity (Wildman–Crippen MR) is 87.7 cm³/mol. The zero-order chi connectivity index (χ0) is 15.8. The van der Waals surface area contributed by atoms with Gasteiger partial charge in [0.2, 0.25) is 0 Å². The van der Waals surface area contributed by atoms with Crippen LogP contribution in [-0.4, -0.2) is 39.6 Å². The lowest BCUT2D eigenvalue weighted by Crippen LogP contribution is -2.46. The normalized spacial score (nSPS) is 18.1. The average molecular weight is 300 g/mol. The molecule has 126 valence electrons. The monoisotopic (exact) mass is 300 g/mol. The molecule has 0 aromatic carbocycles. The molecule has 0 spiro atoms. The minimum Gasteiger partial charge on any atom is -0.384 e. The van der Waals surface area contributed by atoms with E-state index in [1.165, 1.54) is 32.1 Å². The second kappa shape index (κ2) is 9.12. The van der Waals surface area contributed by atoms with Crippen LogP contribution in [0.3, 0.4) is 0 Å². The van der Waals surface area contributed by atoms with Crippen LogP contribution >= 0.6 is 0 Å². The van der Waals surface area contributed by atoms with Gasteiger partial charge in [0, 0.05) is 19.6 Å². The van der Waals surface area contributed by atoms with Crippen molar-refractivity contribution in [2.45, 2.75) is 71.3 Å². The van der Waals surface area contributed by atoms with Crippen LogP contribution in [0.2, 0.25) is 0 Å². The second-order valence-electron chi connectivity index (χ2n) is 7.01. The standard InChI is InChI=1S/C18H36O3/c1-6-17(3,7-2)21-15-18(13-19-4,14-20-5)16-11-9-8-10-12-16/h16H,6-15H2,1-5H3. The van der Waals surface area contributed by atoms with E-state index in [0.717, 1.165) is 32.7 Å². The Hall–Kier alpha value is -0.120. The molecule has 0 bridgehead atoms. The highest BCUT2D eigenvalue weighted by atomic mass is 16.5. The molecule has 0 aromatic heterocycles. The van der Waals surface area contributed by atoms with Gasteiger partial charge in [-0.1, -0.05) is 33.1 Å². The molecular formula is C18H36O3. The van der Waals surface area contributed by atoms with Gasteiger partial charge < -0.3 is 14.2 Å². The van der Waals surface area contributed by atoms with E-state index < -0.39 is 0 Å². The van der Waals surface area contributed by atoms with Crippen LogP contribution in [0.5, 0.6) is 0 Å². The Labute approximate surface area is 131 Å². The van der Waals surface area contributed by atoms with Crippen LogP contribution in [-0.2, 0) is 14.2 Å². The first-order valence-electron chi connectivity index (χ1n) is 8.67. The van der Waals surface area contributed by atoms with Crippen LogP contribution in [0.25, 0.3) is 0 Å². The van der Waals surface area contributed by atoms with Gasteiger partial charge in [0.15, 0.2) is 0 Å². The SMILES string of the molecule is CCC(C)(CC)OCC(COC)(COC)C1CCCCC1. The maximum Gasteiger partial charge on any atom is 0.0649 e. The Morgan fingerprint density at radius 3 is 1.81 bits per heavy atom. The van der Waals surface area contributed by atoms with Gasteiger partial charge in [-0.3, -0.25) is 0 Å². The van der Waals surface area contributed by atoms with E-state index in [1.807, 2.05) is 0 Å². The van der Waals surface area contributed by atoms with Gasteiger partial charge in [0.25, 0.3) is 0 Å². The van der Waals surface area contributed by atoms with Gasteiger partial charge >= 0.3 is 0 Å². The summed E-state index contributed by atoms with van der Waals surface area (Å²) >= 11 is 0. The fraction of sp³-hybridized carbons (Fsp3) is 1.00. The van der Waals surface area contributed by atoms with E-state index in [4.69, 9.17) is 14.2 Å². The summed E-state index contributed by atoms with van der Waals surface area (Å²) in [5.41, 5.74) is -0.0169. The molecule has 1 aliphatic rings. The molecule has 0 N–H and O–H groups in total. The molecule has 0 saturated heterocycles. The summed E-state index contributed by atoms with van der Waals surface area (Å²) in [7, 11) is 3.60. The Kier molecular flexibility index (Phi) is 8.22. The summed E-state index contributed by atoms with van der Waals surface area (Å²) in [4.78, 5) is 0. The maximum absolute atomic E-state index is 6.39. The van der Waals surface area contributed by atoms with Crippen LogP contribution in [0.15, 0.2) is 0 Å². The third-order valence-corrected chi connectivity index (χ3v) is 5.54. The Morgan fingerprint density at radius 1 is 0.857 bits per heavy atom. The van der Waals surface area contributed by atoms with Crippen molar-refractivity contribution in [2.75, 3.05) is 34.0 Å². The summed E-state index contributed by atoms with van der Waals surface area (Å²) in [5.74, 6) is 0.657. The minimum absolute atomic E-state index is 0.00944. The molecule has 3 nitrogen and oxygen atoms in total. The molecule has 0 aromatic rings. The van der Waals surface area contributed by atoms with Crippen molar-refractivity contribution in [3.63, 3.8) is 0 Å². The third-order valence-electron chi connectivity index (χ3n) is 5.54. The summed E-state index contributed by atoms with van der Waals surface area (Å²) in [6, 6.07) is 0. The lowest BCUT2D eigenvalue weighted by atomic mass is 9.69. The molecule has 3 heteroatoms. The van der Waals surface area contributed by atoms with Crippen molar-refractivity contribution in [1.29, 1.82) is 0 Å². The van der Waals surface area contributed by atoms with E-state index in [2.05, 4.69) is 20.8 Å². The summed E-state index contributed by atoms with van der Waals surface area (Å²) in [5, 5.41) is 0. The Morgan fingerprint density at radius 2 is 1.38 bits per heavy atom. The number of rotatable bonds is 10. The summed E-state index contributed by atoms with van der Waals surface area (Å²) < 4.78 is 17.6. The molecule has 0 unspecified atom stereocenters. The second-order valence-corrected chi connectivity index (χ2v) is 7.01. The highest BCUT2D eigenvalue weighted by molar-refractivity contribution is 4.89. The molecule has 0 heterocycles. The summed E-state index contributed by atoms with van der Waals surface area (Å²) in [6.45, 7) is 8.84. The van der Waals surface area contributed by atoms with E-state index in [1.54, 1.807) is 14.2 Å². The zero-order valence-corrected chi connectivity index (χ0v) is 14.9. The van der Waals surface area contributed by atoms with Crippen LogP contribution in [0, 0.1) is 11.3 Å². The van der Waals surface area contributed by atoms with Crippen molar-refractivity contribution >= 4 is 0 Å². The van der Waals surface area contributed by atoms with Crippen molar-refractivity contribution in [3.8, 4) is 0 Å². The highest BCUT2D eigenvalue weighted by Crippen LogP contribution is 2.40. The first-order chi connectivity index (χ1) is 10.1. The van der Waals surface area contributed by atoms with Gasteiger partial charge in [-0.25, -0.2) is 0 Å². The highest BCUT2D eigenvalue weighted by Gasteiger charge is 2.41. The first kappa shape index (κ1) is 18.9. The lowest BCUT2D eigenvalue weighted by Gasteiger charge is -2.43. The fourth-order valence-corrected chi connectivity index (χ4v) is 3.54. The molecule has 1 fully saturated rings. The smallest absolute Gasteiger partial charge is 0.0649 e. The van der Waals surface area contributed by atoms with Crippen LogP contribution in [0.1, 0.15) is 65.7 Å². The van der Waals surface area contributed by atoms with E-state index in [9.17, 15) is 0 Å². The van der Waals surface area contributed by atoms with Gasteiger partial charge in [-0.2, -0.15) is 0 Å². The third kappa shape index (κ3) is 5.22. The molecule has 0 aliphatic heterocycles. The predicted octanol–water partition coefficient (Wildman–Crippen LogP) is 4.44. The first-order valence-corrected chi connectivity index (χ1v) is 8.67. The van der Waals surface area contributed by atoms with Crippen molar-refractivity contribution in [3.05, 3.63) is 0 Å². The van der Waals surface area contributed by atoms with Crippen LogP contribution in [0.4, 0.5) is 0 Å². The van der Waals surface area contributed by atoms with Gasteiger partial charge in [0.05, 0.1) is 25.4 Å². The fourth-order valence-electron chi connectivity index (χ4n) is 3.54. The Bertz CT molecular complexity index is 262. The molecule has 21 heavy (non-hydrogen) atoms. The summed E-state index contributed by atoms with van der Waals surface area (Å²) in [6.07, 6.45) is 8.69. The lowest BCUT2D eigenvalue weighted by molar-refractivity contribution is -0.137. The van der Waals surface area contributed by atoms with E-state index in [-0.39, 0.29) is 11.0 Å². The molecule has 1 aliphatic carbocycles. The number of methoxy groups -OCH3 is 2. The quantitative estimate of drug-likeness (QED) is 0.597. The molecule has 0 radical (unpaired) electrons. The van der Waals surface area contributed by atoms with Gasteiger partial charge in [0.1, 0.15) is 0 Å². The molecule has 0 amide bonds. The molecule has 1 rings (SSSR count). The van der Waals surface area contributed by atoms with Crippen molar-refractivity contribution in [1.82, 2.24) is 0 Å². The van der Waals surface area contributed by atoms with E-state index in [0.29, 0.717) is 5.92 Å². The van der Waals surface area contributed by atoms with Gasteiger partial charge in [-0.05, 0) is 38.5 Å². The van der Waals surface area contributed by atoms with E-state index >= 15 is 0 Å². The van der Waals surface area contributed by atoms with Crippen molar-refractivity contribution in [2.24, 2.45) is 11.3 Å². The van der Waals surface area contributed by atoms with Crippen LogP contribution < -0.4 is 0 Å². The minimum atomic E-state index is -0.0264. The molecule has 0 atom stereocenters. The number of hydrogen-bond acceptors (Lipinski definition) is 3. The number of ether oxygens (including phenoxy) is 3. The topological polar surface area (TPSA) is 27.7 Å². The maximum atomic E-state index is 6.39. The average Bonchev–Trinajstić information content (AvgIpc) is 2.53. The van der Waals surface area contributed by atoms with Crippen molar-refractivity contribution < 1.29 is 14.2 Å². The van der Waals surface area contributed by atoms with Gasteiger partial charge in [-0.15, -0.1) is 0 Å². The molecular weight excluding hydrogens is 264 g/mol. The molecule has 1 saturated carbocycles. The zero-order valence-electron chi connectivity index (χ0n) is 14.9.